The number of pyridine rings is 1. The van der Waals surface area contributed by atoms with Crippen LogP contribution in [0.3, 0.4) is 0 Å². The second-order valence-electron chi connectivity index (χ2n) is 15.8. The Hall–Kier alpha value is -4.08. The van der Waals surface area contributed by atoms with Gasteiger partial charge in [0.2, 0.25) is 0 Å². The fourth-order valence-electron chi connectivity index (χ4n) is 8.10. The van der Waals surface area contributed by atoms with Crippen molar-refractivity contribution in [3.05, 3.63) is 34.7 Å². The van der Waals surface area contributed by atoms with Gasteiger partial charge in [-0.15, -0.1) is 0 Å². The number of rotatable bonds is 15. The Labute approximate surface area is 331 Å². The first-order valence-electron chi connectivity index (χ1n) is 19.5. The number of amides is 1. The van der Waals surface area contributed by atoms with Crippen molar-refractivity contribution < 1.29 is 42.1 Å². The average molecular weight is 803 g/mol. The molecule has 2 aromatic heterocycles. The number of halogens is 3. The van der Waals surface area contributed by atoms with Gasteiger partial charge in [-0.2, -0.15) is 9.97 Å². The summed E-state index contributed by atoms with van der Waals surface area (Å²) < 4.78 is 59.5. The number of aromatic nitrogens is 3. The molecule has 3 aliphatic rings. The van der Waals surface area contributed by atoms with Gasteiger partial charge in [0.05, 0.1) is 17.5 Å². The summed E-state index contributed by atoms with van der Waals surface area (Å²) >= 11 is 6.76. The zero-order valence-electron chi connectivity index (χ0n) is 32.9. The van der Waals surface area contributed by atoms with Gasteiger partial charge in [-0.25, -0.2) is 13.6 Å². The molecule has 1 unspecified atom stereocenters. The standard InChI is InChI=1S/C40H53ClF2N6O7/c1-6-53-32(50)11-10-28-29(17-27(18-31(28)41)55-24-52-5)34-33(43)35-30(20-45-34)36(47-37(46-35)54-23-40-13-8-16-49(40)22-26(42)19-40)48-15-7-9-25(21-48)12-14-44-38(51)56-39(2,3)4/h17-18,20,25-26H,6-16,19,21-24H2,1-5H3,(H,44,51)/t25?,26-,40+/m1/s1. The lowest BCUT2D eigenvalue weighted by molar-refractivity contribution is -0.143. The monoisotopic (exact) mass is 802 g/mol. The van der Waals surface area contributed by atoms with Crippen LogP contribution in [0.15, 0.2) is 18.3 Å². The SMILES string of the molecule is CCOC(=O)CCc1c(Cl)cc(OCOC)cc1-c1ncc2c(N3CCCC(CCNC(=O)OC(C)(C)C)C3)nc(OC[C@@]34CCCN3C[C@H](F)C4)nc2c1F. The molecule has 0 spiro atoms. The van der Waals surface area contributed by atoms with E-state index in [2.05, 4.69) is 25.1 Å². The Kier molecular flexibility index (Phi) is 13.4. The van der Waals surface area contributed by atoms with E-state index < -0.39 is 35.2 Å². The van der Waals surface area contributed by atoms with Gasteiger partial charge in [0.15, 0.2) is 12.6 Å². The summed E-state index contributed by atoms with van der Waals surface area (Å²) in [5.41, 5.74) is -0.299. The maximum Gasteiger partial charge on any atom is 0.407 e. The number of hydrogen-bond acceptors (Lipinski definition) is 12. The van der Waals surface area contributed by atoms with E-state index in [4.69, 9.17) is 40.3 Å². The van der Waals surface area contributed by atoms with Crippen molar-refractivity contribution in [2.75, 3.05) is 64.7 Å². The van der Waals surface area contributed by atoms with Gasteiger partial charge >= 0.3 is 18.1 Å². The van der Waals surface area contributed by atoms with Crippen LogP contribution in [0.2, 0.25) is 5.02 Å². The lowest BCUT2D eigenvalue weighted by Crippen LogP contribution is -2.43. The lowest BCUT2D eigenvalue weighted by atomic mass is 9.94. The number of ether oxygens (including phenoxy) is 5. The van der Waals surface area contributed by atoms with Crippen LogP contribution in [-0.4, -0.2) is 109 Å². The molecule has 0 radical (unpaired) electrons. The molecule has 16 heteroatoms. The molecule has 6 rings (SSSR count). The first kappa shape index (κ1) is 41.6. The number of nitrogens with one attached hydrogen (secondary N) is 1. The number of carbonyl (C=O) groups excluding carboxylic acids is 2. The number of piperidine rings is 1. The lowest BCUT2D eigenvalue weighted by Gasteiger charge is -2.34. The maximum atomic E-state index is 17.2. The summed E-state index contributed by atoms with van der Waals surface area (Å²) in [6.07, 6.45) is 4.90. The van der Waals surface area contributed by atoms with Crippen LogP contribution in [0.25, 0.3) is 22.2 Å². The van der Waals surface area contributed by atoms with Crippen molar-refractivity contribution in [3.63, 3.8) is 0 Å². The Balaban J connectivity index is 1.36. The van der Waals surface area contributed by atoms with E-state index in [0.29, 0.717) is 67.1 Å². The molecule has 0 saturated carbocycles. The van der Waals surface area contributed by atoms with Crippen LogP contribution in [0.4, 0.5) is 19.4 Å². The molecule has 56 heavy (non-hydrogen) atoms. The second kappa shape index (κ2) is 18.0. The van der Waals surface area contributed by atoms with Gasteiger partial charge in [0, 0.05) is 62.9 Å². The number of anilines is 1. The Morgan fingerprint density at radius 2 is 1.95 bits per heavy atom. The molecule has 0 aliphatic carbocycles. The van der Waals surface area contributed by atoms with Crippen molar-refractivity contribution in [3.8, 4) is 23.0 Å². The van der Waals surface area contributed by atoms with Crippen molar-refractivity contribution in [1.82, 2.24) is 25.2 Å². The minimum absolute atomic E-state index is 0.00466. The molecule has 3 aliphatic heterocycles. The van der Waals surface area contributed by atoms with E-state index >= 15 is 4.39 Å². The molecular weight excluding hydrogens is 750 g/mol. The van der Waals surface area contributed by atoms with E-state index in [9.17, 15) is 14.0 Å². The van der Waals surface area contributed by atoms with Crippen molar-refractivity contribution in [2.45, 2.75) is 96.4 Å². The first-order valence-corrected chi connectivity index (χ1v) is 19.9. The third-order valence-electron chi connectivity index (χ3n) is 10.6. The van der Waals surface area contributed by atoms with Crippen molar-refractivity contribution in [1.29, 1.82) is 0 Å². The number of esters is 1. The molecule has 1 aromatic carbocycles. The Morgan fingerprint density at radius 3 is 2.71 bits per heavy atom. The number of carbonyl (C=O) groups is 2. The Morgan fingerprint density at radius 1 is 1.12 bits per heavy atom. The fourth-order valence-corrected chi connectivity index (χ4v) is 8.40. The third-order valence-corrected chi connectivity index (χ3v) is 10.9. The highest BCUT2D eigenvalue weighted by molar-refractivity contribution is 6.32. The highest BCUT2D eigenvalue weighted by Crippen LogP contribution is 2.42. The van der Waals surface area contributed by atoms with E-state index in [-0.39, 0.29) is 61.0 Å². The minimum atomic E-state index is -0.943. The number of alkyl carbamates (subject to hydrolysis) is 1. The summed E-state index contributed by atoms with van der Waals surface area (Å²) in [7, 11) is 1.48. The maximum absolute atomic E-state index is 17.2. The van der Waals surface area contributed by atoms with Gasteiger partial charge in [-0.05, 0) is 96.4 Å². The molecule has 13 nitrogen and oxygen atoms in total. The van der Waals surface area contributed by atoms with Crippen LogP contribution in [0.1, 0.15) is 78.2 Å². The van der Waals surface area contributed by atoms with Crippen molar-refractivity contribution in [2.24, 2.45) is 5.92 Å². The third kappa shape index (κ3) is 9.89. The van der Waals surface area contributed by atoms with Crippen LogP contribution >= 0.6 is 11.6 Å². The fraction of sp³-hybridized carbons (Fsp3) is 0.625. The van der Waals surface area contributed by atoms with Crippen LogP contribution in [0, 0.1) is 11.7 Å². The summed E-state index contributed by atoms with van der Waals surface area (Å²) in [6, 6.07) is 3.19. The molecule has 3 saturated heterocycles. The minimum Gasteiger partial charge on any atom is -0.467 e. The molecular formula is C40H53ClF2N6O7. The van der Waals surface area contributed by atoms with Gasteiger partial charge < -0.3 is 33.9 Å². The van der Waals surface area contributed by atoms with E-state index in [0.717, 1.165) is 32.2 Å². The molecule has 5 heterocycles. The molecule has 1 amide bonds. The normalized spacial score (nSPS) is 21.2. The zero-order valence-corrected chi connectivity index (χ0v) is 33.7. The number of hydrogen-bond donors (Lipinski definition) is 1. The topological polar surface area (TPSA) is 137 Å². The van der Waals surface area contributed by atoms with E-state index in [1.54, 1.807) is 25.3 Å². The molecule has 3 fully saturated rings. The second-order valence-corrected chi connectivity index (χ2v) is 16.2. The number of methoxy groups -OCH3 is 1. The average Bonchev–Trinajstić information content (AvgIpc) is 3.67. The molecule has 3 atom stereocenters. The quantitative estimate of drug-likeness (QED) is 0.125. The van der Waals surface area contributed by atoms with Crippen LogP contribution in [0.5, 0.6) is 11.8 Å². The van der Waals surface area contributed by atoms with E-state index in [1.165, 1.54) is 7.11 Å². The first-order chi connectivity index (χ1) is 26.8. The Bertz CT molecular complexity index is 1880. The molecule has 3 aromatic rings. The summed E-state index contributed by atoms with van der Waals surface area (Å²) in [4.78, 5) is 43.0. The predicted molar refractivity (Wildman–Crippen MR) is 208 cm³/mol. The summed E-state index contributed by atoms with van der Waals surface area (Å²) in [5, 5.41) is 3.50. The molecule has 306 valence electrons. The zero-order chi connectivity index (χ0) is 40.0. The summed E-state index contributed by atoms with van der Waals surface area (Å²) in [5.74, 6) is -0.142. The van der Waals surface area contributed by atoms with Gasteiger partial charge in [-0.3, -0.25) is 14.7 Å². The summed E-state index contributed by atoms with van der Waals surface area (Å²) in [6.45, 7) is 10.4. The molecule has 1 N–H and O–H groups in total. The van der Waals surface area contributed by atoms with Crippen LogP contribution in [-0.2, 0) is 25.4 Å². The van der Waals surface area contributed by atoms with Gasteiger partial charge in [-0.1, -0.05) is 11.6 Å². The largest absolute Gasteiger partial charge is 0.467 e. The number of alkyl halides is 1. The number of benzene rings is 1. The smallest absolute Gasteiger partial charge is 0.407 e. The van der Waals surface area contributed by atoms with Crippen LogP contribution < -0.4 is 19.7 Å². The van der Waals surface area contributed by atoms with E-state index in [1.807, 2.05) is 20.8 Å². The van der Waals surface area contributed by atoms with Gasteiger partial charge in [0.25, 0.3) is 0 Å². The highest BCUT2D eigenvalue weighted by Gasteiger charge is 2.49. The molecule has 0 bridgehead atoms. The number of fused-ring (bicyclic) bond motifs is 2. The number of nitrogens with zero attached hydrogens (tertiary/aromatic N) is 5. The predicted octanol–water partition coefficient (Wildman–Crippen LogP) is 7.05. The highest BCUT2D eigenvalue weighted by atomic mass is 35.5. The van der Waals surface area contributed by atoms with Gasteiger partial charge in [0.1, 0.15) is 41.2 Å². The van der Waals surface area contributed by atoms with Crippen molar-refractivity contribution >= 4 is 40.4 Å².